The van der Waals surface area contributed by atoms with Gasteiger partial charge < -0.3 is 19.6 Å². The standard InChI is InChI=1S/C27H22ClN9O3S/c28-23-7-6-22(41-23)27(39)32-14-18-15-37(34-33-18)20-5-4-19(36-11-2-1-3-26(36)38)13-21(20)40-17-25-31-10-12-35(25)16-24-29-8-9-30-24/h1-13,15H,14,16-17H2,(H,29,30)(H,32,39). The molecule has 5 heterocycles. The summed E-state index contributed by atoms with van der Waals surface area (Å²) < 4.78 is 11.8. The summed E-state index contributed by atoms with van der Waals surface area (Å²) in [5.41, 5.74) is 1.59. The molecule has 6 aromatic rings. The zero-order chi connectivity index (χ0) is 28.2. The SMILES string of the molecule is O=C(NCc1cn(-c2ccc(-n3ccccc3=O)cc2OCc2nccn2Cc2ncc[nH]2)nn1)c1ccc(Cl)s1. The predicted octanol–water partition coefficient (Wildman–Crippen LogP) is 3.61. The fourth-order valence-corrected chi connectivity index (χ4v) is 5.06. The average molecular weight is 588 g/mol. The molecule has 2 N–H and O–H groups in total. The molecule has 0 saturated heterocycles. The number of aromatic amines is 1. The second-order valence-corrected chi connectivity index (χ2v) is 10.5. The molecule has 0 aliphatic carbocycles. The van der Waals surface area contributed by atoms with E-state index >= 15 is 0 Å². The first-order valence-corrected chi connectivity index (χ1v) is 13.6. The second-order valence-electron chi connectivity index (χ2n) is 8.80. The number of thiophene rings is 1. The van der Waals surface area contributed by atoms with Crippen LogP contribution in [0.1, 0.15) is 27.0 Å². The fourth-order valence-electron chi connectivity index (χ4n) is 4.10. The highest BCUT2D eigenvalue weighted by Gasteiger charge is 2.15. The Balaban J connectivity index is 1.25. The van der Waals surface area contributed by atoms with Crippen LogP contribution < -0.4 is 15.6 Å². The molecule has 14 heteroatoms. The van der Waals surface area contributed by atoms with E-state index in [1.165, 1.54) is 22.0 Å². The molecule has 12 nitrogen and oxygen atoms in total. The first-order valence-electron chi connectivity index (χ1n) is 12.4. The third kappa shape index (κ3) is 5.95. The van der Waals surface area contributed by atoms with Crippen LogP contribution in [0, 0.1) is 0 Å². The molecule has 0 aliphatic heterocycles. The Morgan fingerprint density at radius 2 is 2.02 bits per heavy atom. The van der Waals surface area contributed by atoms with Gasteiger partial charge in [-0.2, -0.15) is 0 Å². The summed E-state index contributed by atoms with van der Waals surface area (Å²) in [7, 11) is 0. The number of nitrogens with zero attached hydrogens (tertiary/aromatic N) is 7. The summed E-state index contributed by atoms with van der Waals surface area (Å²) in [6.07, 6.45) is 10.4. The largest absolute Gasteiger partial charge is 0.483 e. The van der Waals surface area contributed by atoms with Crippen LogP contribution in [0.2, 0.25) is 4.34 Å². The molecule has 0 saturated carbocycles. The van der Waals surface area contributed by atoms with E-state index in [1.807, 2.05) is 10.8 Å². The molecule has 1 aromatic carbocycles. The fraction of sp³-hybridized carbons (Fsp3) is 0.111. The normalized spacial score (nSPS) is 11.0. The minimum absolute atomic E-state index is 0.148. The third-order valence-corrected chi connectivity index (χ3v) is 7.32. The van der Waals surface area contributed by atoms with E-state index in [2.05, 4.69) is 30.6 Å². The van der Waals surface area contributed by atoms with Crippen LogP contribution in [0.15, 0.2) is 90.5 Å². The van der Waals surface area contributed by atoms with Crippen LogP contribution in [0.5, 0.6) is 5.75 Å². The third-order valence-electron chi connectivity index (χ3n) is 6.09. The number of carbonyl (C=O) groups is 1. The maximum Gasteiger partial charge on any atom is 0.261 e. The monoisotopic (exact) mass is 587 g/mol. The number of aromatic nitrogens is 8. The highest BCUT2D eigenvalue weighted by molar-refractivity contribution is 7.18. The molecular formula is C27H22ClN9O3S. The molecule has 1 amide bonds. The van der Waals surface area contributed by atoms with Crippen LogP contribution in [0.25, 0.3) is 11.4 Å². The summed E-state index contributed by atoms with van der Waals surface area (Å²) in [5.74, 6) is 1.69. The van der Waals surface area contributed by atoms with Gasteiger partial charge in [-0.1, -0.05) is 22.9 Å². The maximum atomic E-state index is 12.5. The van der Waals surface area contributed by atoms with Crippen molar-refractivity contribution in [1.29, 1.82) is 0 Å². The lowest BCUT2D eigenvalue weighted by Gasteiger charge is -2.14. The molecule has 0 unspecified atom stereocenters. The minimum atomic E-state index is -0.247. The van der Waals surface area contributed by atoms with Crippen molar-refractivity contribution >= 4 is 28.8 Å². The van der Waals surface area contributed by atoms with E-state index < -0.39 is 0 Å². The molecular weight excluding hydrogens is 566 g/mol. The summed E-state index contributed by atoms with van der Waals surface area (Å²) in [6, 6.07) is 13.7. The Morgan fingerprint density at radius 1 is 1.10 bits per heavy atom. The smallest absolute Gasteiger partial charge is 0.261 e. The predicted molar refractivity (Wildman–Crippen MR) is 152 cm³/mol. The van der Waals surface area contributed by atoms with E-state index in [-0.39, 0.29) is 24.6 Å². The number of imidazole rings is 2. The number of nitrogens with one attached hydrogen (secondary N) is 2. The molecule has 0 fully saturated rings. The number of amides is 1. The lowest BCUT2D eigenvalue weighted by atomic mass is 10.2. The van der Waals surface area contributed by atoms with Crippen LogP contribution in [-0.4, -0.2) is 45.0 Å². The number of H-pyrrole nitrogens is 1. The Kier molecular flexibility index (Phi) is 7.43. The first kappa shape index (κ1) is 26.2. The number of benzene rings is 1. The zero-order valence-electron chi connectivity index (χ0n) is 21.3. The molecule has 41 heavy (non-hydrogen) atoms. The highest BCUT2D eigenvalue weighted by atomic mass is 35.5. The summed E-state index contributed by atoms with van der Waals surface area (Å²) in [5, 5.41) is 11.3. The van der Waals surface area contributed by atoms with E-state index in [0.717, 1.165) is 5.82 Å². The van der Waals surface area contributed by atoms with Gasteiger partial charge in [0.2, 0.25) is 0 Å². The first-order chi connectivity index (χ1) is 20.0. The topological polar surface area (TPSA) is 138 Å². The number of carbonyl (C=O) groups excluding carboxylic acids is 1. The average Bonchev–Trinajstić information content (AvgIpc) is 3.80. The Labute approximate surface area is 241 Å². The van der Waals surface area contributed by atoms with Gasteiger partial charge in [0.25, 0.3) is 11.5 Å². The Hall–Kier alpha value is -5.01. The zero-order valence-corrected chi connectivity index (χ0v) is 22.9. The highest BCUT2D eigenvalue weighted by Crippen LogP contribution is 2.27. The lowest BCUT2D eigenvalue weighted by molar-refractivity contribution is 0.0954. The summed E-state index contributed by atoms with van der Waals surface area (Å²) in [4.78, 5) is 37.2. The molecule has 5 aromatic heterocycles. The van der Waals surface area contributed by atoms with Gasteiger partial charge in [-0.3, -0.25) is 14.2 Å². The summed E-state index contributed by atoms with van der Waals surface area (Å²) >= 11 is 7.14. The number of pyridine rings is 1. The van der Waals surface area contributed by atoms with Crippen molar-refractivity contribution in [2.24, 2.45) is 0 Å². The van der Waals surface area contributed by atoms with Crippen molar-refractivity contribution in [1.82, 2.24) is 44.4 Å². The molecule has 206 valence electrons. The van der Waals surface area contributed by atoms with Crippen LogP contribution in [-0.2, 0) is 19.7 Å². The summed E-state index contributed by atoms with van der Waals surface area (Å²) in [6.45, 7) is 0.828. The van der Waals surface area contributed by atoms with Gasteiger partial charge in [0.1, 0.15) is 35.4 Å². The van der Waals surface area contributed by atoms with Crippen molar-refractivity contribution < 1.29 is 9.53 Å². The van der Waals surface area contributed by atoms with Crippen LogP contribution in [0.4, 0.5) is 0 Å². The number of halogens is 1. The van der Waals surface area contributed by atoms with Crippen molar-refractivity contribution in [3.63, 3.8) is 0 Å². The van der Waals surface area contributed by atoms with E-state index in [1.54, 1.807) is 78.1 Å². The molecule has 0 aliphatic rings. The Bertz CT molecular complexity index is 1860. The quantitative estimate of drug-likeness (QED) is 0.250. The van der Waals surface area contributed by atoms with E-state index in [0.29, 0.717) is 44.4 Å². The molecule has 0 radical (unpaired) electrons. The number of hydrogen-bond acceptors (Lipinski definition) is 8. The van der Waals surface area contributed by atoms with Crippen molar-refractivity contribution in [2.75, 3.05) is 0 Å². The van der Waals surface area contributed by atoms with Gasteiger partial charge in [-0.25, -0.2) is 14.6 Å². The molecule has 6 rings (SSSR count). The number of rotatable bonds is 10. The molecule has 0 spiro atoms. The Morgan fingerprint density at radius 3 is 2.83 bits per heavy atom. The van der Waals surface area contributed by atoms with Gasteiger partial charge in [0.15, 0.2) is 0 Å². The molecule has 0 bridgehead atoms. The van der Waals surface area contributed by atoms with Crippen LogP contribution >= 0.6 is 22.9 Å². The van der Waals surface area contributed by atoms with Gasteiger partial charge >= 0.3 is 0 Å². The minimum Gasteiger partial charge on any atom is -0.483 e. The number of ether oxygens (including phenoxy) is 1. The van der Waals surface area contributed by atoms with Gasteiger partial charge in [-0.05, 0) is 30.3 Å². The van der Waals surface area contributed by atoms with E-state index in [9.17, 15) is 9.59 Å². The van der Waals surface area contributed by atoms with Gasteiger partial charge in [0, 0.05) is 43.1 Å². The van der Waals surface area contributed by atoms with Gasteiger partial charge in [0.05, 0.1) is 34.2 Å². The van der Waals surface area contributed by atoms with Crippen molar-refractivity contribution in [2.45, 2.75) is 19.7 Å². The van der Waals surface area contributed by atoms with Gasteiger partial charge in [-0.15, -0.1) is 16.4 Å². The van der Waals surface area contributed by atoms with Crippen LogP contribution in [0.3, 0.4) is 0 Å². The molecule has 0 atom stereocenters. The van der Waals surface area contributed by atoms with Crippen molar-refractivity contribution in [3.8, 4) is 17.1 Å². The van der Waals surface area contributed by atoms with E-state index in [4.69, 9.17) is 16.3 Å². The van der Waals surface area contributed by atoms with Crippen molar-refractivity contribution in [3.05, 3.63) is 123 Å². The second kappa shape index (κ2) is 11.6. The maximum absolute atomic E-state index is 12.5. The lowest BCUT2D eigenvalue weighted by Crippen LogP contribution is -2.21. The number of hydrogen-bond donors (Lipinski definition) is 2.